The molecule has 0 amide bonds. The Hall–Kier alpha value is -0.880. The topological polar surface area (TPSA) is 55.9 Å². The predicted octanol–water partition coefficient (Wildman–Crippen LogP) is 2.75. The SMILES string of the molecule is CCc1nn(C)c(CC(NN)c2ccc(C)s2)c1Cl. The molecule has 0 aliphatic carbocycles. The van der Waals surface area contributed by atoms with E-state index < -0.39 is 0 Å². The first kappa shape index (κ1) is 14.5. The summed E-state index contributed by atoms with van der Waals surface area (Å²) in [6.07, 6.45) is 1.57. The molecule has 2 heterocycles. The standard InChI is InChI=1S/C13H19ClN4S/c1-4-9-13(14)11(18(3)17-9)7-10(16-15)12-6-5-8(2)19-12/h5-6,10,16H,4,7,15H2,1-3H3. The highest BCUT2D eigenvalue weighted by atomic mass is 35.5. The Labute approximate surface area is 122 Å². The van der Waals surface area contributed by atoms with Crippen LogP contribution in [0.5, 0.6) is 0 Å². The van der Waals surface area contributed by atoms with Crippen LogP contribution in [0.3, 0.4) is 0 Å². The minimum absolute atomic E-state index is 0.0660. The third kappa shape index (κ3) is 3.00. The number of aryl methyl sites for hydroxylation is 3. The highest BCUT2D eigenvalue weighted by molar-refractivity contribution is 7.12. The lowest BCUT2D eigenvalue weighted by atomic mass is 10.1. The van der Waals surface area contributed by atoms with Gasteiger partial charge in [0, 0.05) is 23.2 Å². The number of halogens is 1. The van der Waals surface area contributed by atoms with Crippen molar-refractivity contribution in [1.29, 1.82) is 0 Å². The van der Waals surface area contributed by atoms with Gasteiger partial charge in [-0.05, 0) is 25.5 Å². The maximum Gasteiger partial charge on any atom is 0.0850 e. The molecule has 0 aromatic carbocycles. The van der Waals surface area contributed by atoms with Crippen LogP contribution in [-0.4, -0.2) is 9.78 Å². The highest BCUT2D eigenvalue weighted by Gasteiger charge is 2.19. The quantitative estimate of drug-likeness (QED) is 0.659. The maximum atomic E-state index is 6.37. The number of nitrogens with two attached hydrogens (primary N) is 1. The molecule has 0 fully saturated rings. The van der Waals surface area contributed by atoms with Gasteiger partial charge >= 0.3 is 0 Å². The molecule has 0 radical (unpaired) electrons. The van der Waals surface area contributed by atoms with Gasteiger partial charge in [0.15, 0.2) is 0 Å². The minimum Gasteiger partial charge on any atom is -0.271 e. The van der Waals surface area contributed by atoms with Crippen LogP contribution < -0.4 is 11.3 Å². The van der Waals surface area contributed by atoms with E-state index in [1.54, 1.807) is 11.3 Å². The molecule has 2 rings (SSSR count). The van der Waals surface area contributed by atoms with Crippen molar-refractivity contribution in [2.75, 3.05) is 0 Å². The molecule has 19 heavy (non-hydrogen) atoms. The van der Waals surface area contributed by atoms with Gasteiger partial charge in [-0.15, -0.1) is 11.3 Å². The summed E-state index contributed by atoms with van der Waals surface area (Å²) in [6.45, 7) is 4.15. The zero-order valence-electron chi connectivity index (χ0n) is 11.4. The molecule has 0 aliphatic rings. The second kappa shape index (κ2) is 6.05. The average molecular weight is 299 g/mol. The Balaban J connectivity index is 2.26. The van der Waals surface area contributed by atoms with Crippen molar-refractivity contribution in [3.05, 3.63) is 38.3 Å². The lowest BCUT2D eigenvalue weighted by Crippen LogP contribution is -2.29. The number of hydrogen-bond donors (Lipinski definition) is 2. The number of aromatic nitrogens is 2. The number of thiophene rings is 1. The maximum absolute atomic E-state index is 6.37. The van der Waals surface area contributed by atoms with Crippen molar-refractivity contribution in [3.63, 3.8) is 0 Å². The smallest absolute Gasteiger partial charge is 0.0850 e. The Morgan fingerprint density at radius 1 is 1.53 bits per heavy atom. The second-order valence-corrected chi connectivity index (χ2v) is 6.25. The molecular weight excluding hydrogens is 280 g/mol. The van der Waals surface area contributed by atoms with E-state index in [1.807, 2.05) is 11.7 Å². The lowest BCUT2D eigenvalue weighted by molar-refractivity contribution is 0.537. The van der Waals surface area contributed by atoms with E-state index in [2.05, 4.69) is 36.5 Å². The van der Waals surface area contributed by atoms with E-state index >= 15 is 0 Å². The van der Waals surface area contributed by atoms with Crippen LogP contribution >= 0.6 is 22.9 Å². The molecule has 0 aliphatic heterocycles. The minimum atomic E-state index is 0.0660. The molecule has 0 saturated heterocycles. The number of rotatable bonds is 5. The zero-order valence-corrected chi connectivity index (χ0v) is 13.0. The van der Waals surface area contributed by atoms with Crippen LogP contribution in [0.2, 0.25) is 5.02 Å². The molecule has 2 aromatic heterocycles. The molecule has 3 N–H and O–H groups in total. The van der Waals surface area contributed by atoms with E-state index in [0.717, 1.165) is 29.3 Å². The lowest BCUT2D eigenvalue weighted by Gasteiger charge is -2.14. The van der Waals surface area contributed by atoms with Crippen molar-refractivity contribution >= 4 is 22.9 Å². The van der Waals surface area contributed by atoms with Gasteiger partial charge in [0.1, 0.15) is 0 Å². The van der Waals surface area contributed by atoms with Crippen molar-refractivity contribution in [2.24, 2.45) is 12.9 Å². The van der Waals surface area contributed by atoms with Gasteiger partial charge in [0.05, 0.1) is 22.5 Å². The van der Waals surface area contributed by atoms with Gasteiger partial charge in [-0.1, -0.05) is 18.5 Å². The van der Waals surface area contributed by atoms with Gasteiger partial charge in [-0.25, -0.2) is 0 Å². The summed E-state index contributed by atoms with van der Waals surface area (Å²) in [7, 11) is 1.92. The first-order chi connectivity index (χ1) is 9.06. The second-order valence-electron chi connectivity index (χ2n) is 4.56. The van der Waals surface area contributed by atoms with E-state index in [4.69, 9.17) is 17.4 Å². The molecule has 0 spiro atoms. The van der Waals surface area contributed by atoms with Crippen molar-refractivity contribution in [2.45, 2.75) is 32.7 Å². The molecular formula is C13H19ClN4S. The number of nitrogens with one attached hydrogen (secondary N) is 1. The number of hydrazine groups is 1. The average Bonchev–Trinajstić information content (AvgIpc) is 2.92. The molecule has 1 atom stereocenters. The summed E-state index contributed by atoms with van der Waals surface area (Å²) in [4.78, 5) is 2.50. The first-order valence-corrected chi connectivity index (χ1v) is 7.49. The first-order valence-electron chi connectivity index (χ1n) is 6.29. The molecule has 6 heteroatoms. The van der Waals surface area contributed by atoms with Crippen LogP contribution in [0.15, 0.2) is 12.1 Å². The third-order valence-corrected chi connectivity index (χ3v) is 4.76. The monoisotopic (exact) mass is 298 g/mol. The normalized spacial score (nSPS) is 12.9. The summed E-state index contributed by atoms with van der Waals surface area (Å²) >= 11 is 8.12. The molecule has 0 bridgehead atoms. The van der Waals surface area contributed by atoms with Gasteiger partial charge in [0.25, 0.3) is 0 Å². The predicted molar refractivity (Wildman–Crippen MR) is 80.4 cm³/mol. The summed E-state index contributed by atoms with van der Waals surface area (Å²) in [5, 5.41) is 5.20. The van der Waals surface area contributed by atoms with Crippen molar-refractivity contribution in [3.8, 4) is 0 Å². The summed E-state index contributed by atoms with van der Waals surface area (Å²) in [5.74, 6) is 5.69. The molecule has 4 nitrogen and oxygen atoms in total. The molecule has 1 unspecified atom stereocenters. The van der Waals surface area contributed by atoms with Crippen molar-refractivity contribution < 1.29 is 0 Å². The molecule has 0 saturated carbocycles. The van der Waals surface area contributed by atoms with Gasteiger partial charge in [0.2, 0.25) is 0 Å². The highest BCUT2D eigenvalue weighted by Crippen LogP contribution is 2.29. The number of hydrogen-bond acceptors (Lipinski definition) is 4. The summed E-state index contributed by atoms with van der Waals surface area (Å²) in [5.41, 5.74) is 4.84. The van der Waals surface area contributed by atoms with Crippen LogP contribution in [0.1, 0.15) is 34.1 Å². The van der Waals surface area contributed by atoms with Crippen molar-refractivity contribution in [1.82, 2.24) is 15.2 Å². The summed E-state index contributed by atoms with van der Waals surface area (Å²) in [6, 6.07) is 4.28. The fourth-order valence-corrected chi connectivity index (χ4v) is 3.43. The molecule has 2 aromatic rings. The largest absolute Gasteiger partial charge is 0.271 e. The Morgan fingerprint density at radius 3 is 2.74 bits per heavy atom. The van der Waals surface area contributed by atoms with E-state index in [-0.39, 0.29) is 6.04 Å². The van der Waals surface area contributed by atoms with Crippen LogP contribution in [0.4, 0.5) is 0 Å². The fourth-order valence-electron chi connectivity index (χ4n) is 2.12. The van der Waals surface area contributed by atoms with Gasteiger partial charge < -0.3 is 0 Å². The van der Waals surface area contributed by atoms with Gasteiger partial charge in [-0.2, -0.15) is 5.10 Å². The van der Waals surface area contributed by atoms with Gasteiger partial charge in [-0.3, -0.25) is 16.0 Å². The van der Waals surface area contributed by atoms with E-state index in [0.29, 0.717) is 0 Å². The Morgan fingerprint density at radius 2 is 2.26 bits per heavy atom. The number of nitrogens with zero attached hydrogens (tertiary/aromatic N) is 2. The fraction of sp³-hybridized carbons (Fsp3) is 0.462. The molecule has 104 valence electrons. The van der Waals surface area contributed by atoms with Crippen LogP contribution in [0, 0.1) is 6.92 Å². The van der Waals surface area contributed by atoms with Crippen LogP contribution in [-0.2, 0) is 19.9 Å². The van der Waals surface area contributed by atoms with Crippen LogP contribution in [0.25, 0.3) is 0 Å². The van der Waals surface area contributed by atoms with E-state index in [1.165, 1.54) is 9.75 Å². The Bertz CT molecular complexity index is 561. The van der Waals surface area contributed by atoms with E-state index in [9.17, 15) is 0 Å². The zero-order chi connectivity index (χ0) is 14.0. The third-order valence-electron chi connectivity index (χ3n) is 3.21. The Kier molecular flexibility index (Phi) is 4.62. The summed E-state index contributed by atoms with van der Waals surface area (Å²) < 4.78 is 1.85.